The number of nitrogens with one attached hydrogen (secondary N) is 2. The summed E-state index contributed by atoms with van der Waals surface area (Å²) in [6, 6.07) is 0. The highest BCUT2D eigenvalue weighted by atomic mass is 16.2. The van der Waals surface area contributed by atoms with Gasteiger partial charge in [0.1, 0.15) is 0 Å². The minimum atomic E-state index is -0.426. The van der Waals surface area contributed by atoms with E-state index in [1.165, 1.54) is 0 Å². The highest BCUT2D eigenvalue weighted by molar-refractivity contribution is 6.04. The fraction of sp³-hybridized carbons (Fsp3) is 0.429. The summed E-state index contributed by atoms with van der Waals surface area (Å²) in [4.78, 5) is 21.5. The highest BCUT2D eigenvalue weighted by Gasteiger charge is 2.05. The second-order valence-corrected chi connectivity index (χ2v) is 2.19. The van der Waals surface area contributed by atoms with E-state index in [2.05, 4.69) is 17.2 Å². The fourth-order valence-corrected chi connectivity index (χ4v) is 0.438. The normalized spacial score (nSPS) is 8.91. The fourth-order valence-electron chi connectivity index (χ4n) is 0.438. The largest absolute Gasteiger partial charge is 0.311 e. The van der Waals surface area contributed by atoms with Crippen molar-refractivity contribution in [1.82, 2.24) is 10.6 Å². The number of carbonyl (C=O) groups excluding carboxylic acids is 2. The number of hydrogen-bond acceptors (Lipinski definition) is 3. The molecule has 0 radical (unpaired) electrons. The summed E-state index contributed by atoms with van der Waals surface area (Å²) in [6.07, 6.45) is 0. The Balaban J connectivity index is 3.76. The zero-order valence-electron chi connectivity index (χ0n) is 6.73. The van der Waals surface area contributed by atoms with Crippen LogP contribution in [0, 0.1) is 0 Å². The molecule has 0 fully saturated rings. The van der Waals surface area contributed by atoms with Gasteiger partial charge in [0.05, 0.1) is 6.54 Å². The monoisotopic (exact) mass is 156 g/mol. The molecule has 4 heteroatoms. The maximum Gasteiger partial charge on any atom is 0.252 e. The van der Waals surface area contributed by atoms with Crippen LogP contribution in [-0.4, -0.2) is 25.4 Å². The van der Waals surface area contributed by atoms with E-state index < -0.39 is 5.91 Å². The lowest BCUT2D eigenvalue weighted by atomic mass is 10.3. The molecular weight excluding hydrogens is 144 g/mol. The van der Waals surface area contributed by atoms with E-state index in [9.17, 15) is 9.59 Å². The van der Waals surface area contributed by atoms with Gasteiger partial charge in [-0.3, -0.25) is 14.9 Å². The first-order valence-electron chi connectivity index (χ1n) is 3.22. The van der Waals surface area contributed by atoms with E-state index in [0.717, 1.165) is 0 Å². The van der Waals surface area contributed by atoms with Gasteiger partial charge in [0, 0.05) is 5.57 Å². The second-order valence-electron chi connectivity index (χ2n) is 2.19. The molecule has 0 saturated heterocycles. The van der Waals surface area contributed by atoms with Gasteiger partial charge in [-0.15, -0.1) is 0 Å². The first-order chi connectivity index (χ1) is 5.07. The summed E-state index contributed by atoms with van der Waals surface area (Å²) in [6.45, 7) is 5.07. The molecule has 11 heavy (non-hydrogen) atoms. The molecule has 0 aromatic carbocycles. The summed E-state index contributed by atoms with van der Waals surface area (Å²) < 4.78 is 0. The molecule has 0 saturated carbocycles. The van der Waals surface area contributed by atoms with Crippen molar-refractivity contribution in [3.8, 4) is 0 Å². The van der Waals surface area contributed by atoms with Crippen molar-refractivity contribution in [2.45, 2.75) is 6.92 Å². The minimum absolute atomic E-state index is 0.138. The molecule has 0 heterocycles. The molecule has 0 rings (SSSR count). The standard InChI is InChI=1S/C7H12N2O2/c1-5(2)7(11)9-6(10)4-8-3/h8H,1,4H2,2-3H3,(H,9,10,11). The van der Waals surface area contributed by atoms with Crippen LogP contribution in [0.15, 0.2) is 12.2 Å². The van der Waals surface area contributed by atoms with E-state index in [1.807, 2.05) is 0 Å². The quantitative estimate of drug-likeness (QED) is 0.538. The summed E-state index contributed by atoms with van der Waals surface area (Å²) in [7, 11) is 1.63. The lowest BCUT2D eigenvalue weighted by Gasteiger charge is -2.01. The Hall–Kier alpha value is -1.16. The minimum Gasteiger partial charge on any atom is -0.311 e. The third kappa shape index (κ3) is 4.27. The molecule has 0 aliphatic rings. The molecule has 2 amide bonds. The molecule has 0 aromatic rings. The third-order valence-electron chi connectivity index (χ3n) is 0.978. The molecule has 62 valence electrons. The predicted octanol–water partition coefficient (Wildman–Crippen LogP) is -0.575. The lowest BCUT2D eigenvalue weighted by molar-refractivity contribution is -0.127. The second kappa shape index (κ2) is 4.62. The number of rotatable bonds is 3. The Morgan fingerprint density at radius 3 is 2.36 bits per heavy atom. The van der Waals surface area contributed by atoms with Crippen LogP contribution in [0.5, 0.6) is 0 Å². The van der Waals surface area contributed by atoms with Crippen molar-refractivity contribution < 1.29 is 9.59 Å². The molecule has 0 bridgehead atoms. The smallest absolute Gasteiger partial charge is 0.252 e. The molecular formula is C7H12N2O2. The summed E-state index contributed by atoms with van der Waals surface area (Å²) >= 11 is 0. The van der Waals surface area contributed by atoms with Crippen molar-refractivity contribution in [2.75, 3.05) is 13.6 Å². The summed E-state index contributed by atoms with van der Waals surface area (Å²) in [5.74, 6) is -0.772. The zero-order valence-corrected chi connectivity index (χ0v) is 6.73. The summed E-state index contributed by atoms with van der Waals surface area (Å²) in [5, 5.41) is 4.76. The van der Waals surface area contributed by atoms with Crippen molar-refractivity contribution in [2.24, 2.45) is 0 Å². The topological polar surface area (TPSA) is 58.2 Å². The number of amides is 2. The van der Waals surface area contributed by atoms with Crippen molar-refractivity contribution in [3.05, 3.63) is 12.2 Å². The van der Waals surface area contributed by atoms with Gasteiger partial charge < -0.3 is 5.32 Å². The first-order valence-corrected chi connectivity index (χ1v) is 3.22. The summed E-state index contributed by atoms with van der Waals surface area (Å²) in [5.41, 5.74) is 0.328. The van der Waals surface area contributed by atoms with Gasteiger partial charge in [0.25, 0.3) is 5.91 Å². The number of likely N-dealkylation sites (N-methyl/N-ethyl adjacent to an activating group) is 1. The van der Waals surface area contributed by atoms with Crippen molar-refractivity contribution in [3.63, 3.8) is 0 Å². The van der Waals surface area contributed by atoms with Gasteiger partial charge in [-0.1, -0.05) is 6.58 Å². The highest BCUT2D eigenvalue weighted by Crippen LogP contribution is 1.84. The van der Waals surface area contributed by atoms with E-state index >= 15 is 0 Å². The van der Waals surface area contributed by atoms with Crippen LogP contribution in [0.4, 0.5) is 0 Å². The molecule has 0 aromatic heterocycles. The SMILES string of the molecule is C=C(C)C(=O)NC(=O)CNC. The van der Waals surface area contributed by atoms with Crippen molar-refractivity contribution >= 4 is 11.8 Å². The Morgan fingerprint density at radius 2 is 2.00 bits per heavy atom. The van der Waals surface area contributed by atoms with Gasteiger partial charge in [-0.25, -0.2) is 0 Å². The zero-order chi connectivity index (χ0) is 8.85. The number of hydrogen-bond donors (Lipinski definition) is 2. The Morgan fingerprint density at radius 1 is 1.45 bits per heavy atom. The average molecular weight is 156 g/mol. The van der Waals surface area contributed by atoms with Crippen LogP contribution < -0.4 is 10.6 Å². The van der Waals surface area contributed by atoms with E-state index in [-0.39, 0.29) is 12.5 Å². The maximum absolute atomic E-state index is 10.8. The first kappa shape index (κ1) is 9.84. The van der Waals surface area contributed by atoms with Crippen LogP contribution in [-0.2, 0) is 9.59 Å². The van der Waals surface area contributed by atoms with Crippen LogP contribution in [0.25, 0.3) is 0 Å². The molecule has 0 spiro atoms. The van der Waals surface area contributed by atoms with Gasteiger partial charge in [0.2, 0.25) is 5.91 Å². The molecule has 0 atom stereocenters. The number of imide groups is 1. The Kier molecular flexibility index (Phi) is 4.14. The molecule has 0 unspecified atom stereocenters. The Bertz CT molecular complexity index is 187. The van der Waals surface area contributed by atoms with Crippen LogP contribution in [0.1, 0.15) is 6.92 Å². The van der Waals surface area contributed by atoms with Gasteiger partial charge >= 0.3 is 0 Å². The predicted molar refractivity (Wildman–Crippen MR) is 41.9 cm³/mol. The van der Waals surface area contributed by atoms with Crippen LogP contribution >= 0.6 is 0 Å². The lowest BCUT2D eigenvalue weighted by Crippen LogP contribution is -2.36. The van der Waals surface area contributed by atoms with Crippen molar-refractivity contribution in [1.29, 1.82) is 0 Å². The molecule has 0 aliphatic carbocycles. The molecule has 4 nitrogen and oxygen atoms in total. The number of carbonyl (C=O) groups is 2. The van der Waals surface area contributed by atoms with Crippen LogP contribution in [0.3, 0.4) is 0 Å². The Labute approximate surface area is 65.7 Å². The van der Waals surface area contributed by atoms with E-state index in [0.29, 0.717) is 5.57 Å². The van der Waals surface area contributed by atoms with E-state index in [1.54, 1.807) is 14.0 Å². The van der Waals surface area contributed by atoms with Crippen LogP contribution in [0.2, 0.25) is 0 Å². The average Bonchev–Trinajstić information content (AvgIpc) is 1.87. The van der Waals surface area contributed by atoms with Gasteiger partial charge in [-0.05, 0) is 14.0 Å². The van der Waals surface area contributed by atoms with Gasteiger partial charge in [-0.2, -0.15) is 0 Å². The van der Waals surface area contributed by atoms with Gasteiger partial charge in [0.15, 0.2) is 0 Å². The third-order valence-corrected chi connectivity index (χ3v) is 0.978. The van der Waals surface area contributed by atoms with E-state index in [4.69, 9.17) is 0 Å². The molecule has 2 N–H and O–H groups in total. The molecule has 0 aliphatic heterocycles. The maximum atomic E-state index is 10.8.